The monoisotopic (exact) mass is 328 g/mol. The van der Waals surface area contributed by atoms with Crippen LogP contribution >= 0.6 is 0 Å². The summed E-state index contributed by atoms with van der Waals surface area (Å²) in [5, 5.41) is 7.41. The van der Waals surface area contributed by atoms with Crippen LogP contribution in [0.15, 0.2) is 41.9 Å². The van der Waals surface area contributed by atoms with Gasteiger partial charge >= 0.3 is 5.97 Å². The smallest absolute Gasteiger partial charge is 0.338 e. The van der Waals surface area contributed by atoms with Gasteiger partial charge < -0.3 is 14.8 Å². The van der Waals surface area contributed by atoms with Gasteiger partial charge in [-0.1, -0.05) is 29.8 Å². The summed E-state index contributed by atoms with van der Waals surface area (Å²) >= 11 is 0. The van der Waals surface area contributed by atoms with Crippen LogP contribution in [0.2, 0.25) is 0 Å². The lowest BCUT2D eigenvalue weighted by Crippen LogP contribution is -2.31. The first-order chi connectivity index (χ1) is 11.7. The Bertz CT molecular complexity index is 764. The lowest BCUT2D eigenvalue weighted by Gasteiger charge is -2.29. The minimum Gasteiger partial charge on any atom is -0.463 e. The Morgan fingerprint density at radius 2 is 2.08 bits per heavy atom. The standard InChI is InChI=1S/C17H20N4O3/c1-4-24-16(22)14-13(9-23-3)20-17-18-10-19-21(17)15(14)12-7-5-11(2)6-8-12/h5-8,10,15H,4,9H2,1-3H3,(H,18,19,20). The van der Waals surface area contributed by atoms with Gasteiger partial charge in [0.25, 0.3) is 0 Å². The molecule has 0 amide bonds. The number of benzene rings is 1. The second-order valence-electron chi connectivity index (χ2n) is 5.51. The van der Waals surface area contributed by atoms with Crippen LogP contribution < -0.4 is 5.32 Å². The van der Waals surface area contributed by atoms with Crippen LogP contribution in [0.5, 0.6) is 0 Å². The molecule has 1 aliphatic heterocycles. The molecule has 1 N–H and O–H groups in total. The fraction of sp³-hybridized carbons (Fsp3) is 0.353. The lowest BCUT2D eigenvalue weighted by atomic mass is 9.95. The molecule has 7 nitrogen and oxygen atoms in total. The summed E-state index contributed by atoms with van der Waals surface area (Å²) in [6, 6.07) is 7.58. The maximum absolute atomic E-state index is 12.6. The van der Waals surface area contributed by atoms with Gasteiger partial charge in [-0.2, -0.15) is 10.1 Å². The number of anilines is 1. The summed E-state index contributed by atoms with van der Waals surface area (Å²) in [5.74, 6) is 0.185. The van der Waals surface area contributed by atoms with Gasteiger partial charge in [0.1, 0.15) is 12.4 Å². The predicted octanol–water partition coefficient (Wildman–Crippen LogP) is 2.07. The van der Waals surface area contributed by atoms with E-state index in [1.807, 2.05) is 31.2 Å². The number of aryl methyl sites for hydroxylation is 1. The molecule has 1 aromatic heterocycles. The highest BCUT2D eigenvalue weighted by atomic mass is 16.5. The third-order valence-corrected chi connectivity index (χ3v) is 3.86. The van der Waals surface area contributed by atoms with Gasteiger partial charge in [0.05, 0.1) is 24.5 Å². The van der Waals surface area contributed by atoms with Crippen molar-refractivity contribution in [3.8, 4) is 0 Å². The van der Waals surface area contributed by atoms with Crippen LogP contribution in [0.1, 0.15) is 24.1 Å². The quantitative estimate of drug-likeness (QED) is 0.847. The molecular formula is C17H20N4O3. The molecule has 0 fully saturated rings. The van der Waals surface area contributed by atoms with E-state index in [9.17, 15) is 4.79 Å². The van der Waals surface area contributed by atoms with Gasteiger partial charge in [-0.25, -0.2) is 9.48 Å². The Hall–Kier alpha value is -2.67. The van der Waals surface area contributed by atoms with E-state index in [2.05, 4.69) is 15.4 Å². The molecule has 1 aromatic carbocycles. The zero-order valence-corrected chi connectivity index (χ0v) is 13.9. The summed E-state index contributed by atoms with van der Waals surface area (Å²) in [7, 11) is 1.58. The lowest BCUT2D eigenvalue weighted by molar-refractivity contribution is -0.139. The number of nitrogens with one attached hydrogen (secondary N) is 1. The van der Waals surface area contributed by atoms with Gasteiger partial charge in [-0.15, -0.1) is 0 Å². The molecular weight excluding hydrogens is 308 g/mol. The van der Waals surface area contributed by atoms with Gasteiger partial charge in [0, 0.05) is 7.11 Å². The van der Waals surface area contributed by atoms with E-state index in [1.165, 1.54) is 6.33 Å². The minimum absolute atomic E-state index is 0.253. The van der Waals surface area contributed by atoms with Crippen molar-refractivity contribution in [3.63, 3.8) is 0 Å². The normalized spacial score (nSPS) is 16.5. The molecule has 2 aromatic rings. The number of hydrogen-bond donors (Lipinski definition) is 1. The third-order valence-electron chi connectivity index (χ3n) is 3.86. The molecule has 0 saturated carbocycles. The van der Waals surface area contributed by atoms with Crippen LogP contribution in [-0.4, -0.2) is 41.1 Å². The van der Waals surface area contributed by atoms with Crippen molar-refractivity contribution < 1.29 is 14.3 Å². The largest absolute Gasteiger partial charge is 0.463 e. The first-order valence-corrected chi connectivity index (χ1v) is 7.78. The molecule has 24 heavy (non-hydrogen) atoms. The first kappa shape index (κ1) is 16.2. The highest BCUT2D eigenvalue weighted by molar-refractivity contribution is 5.92. The zero-order valence-electron chi connectivity index (χ0n) is 13.9. The minimum atomic E-state index is -0.409. The number of esters is 1. The van der Waals surface area contributed by atoms with Gasteiger partial charge in [0.15, 0.2) is 0 Å². The topological polar surface area (TPSA) is 78.3 Å². The molecule has 1 atom stereocenters. The highest BCUT2D eigenvalue weighted by Gasteiger charge is 2.35. The SMILES string of the molecule is CCOC(=O)C1=C(COC)Nc2ncnn2C1c1ccc(C)cc1. The average molecular weight is 328 g/mol. The van der Waals surface area contributed by atoms with E-state index < -0.39 is 6.04 Å². The van der Waals surface area contributed by atoms with Crippen molar-refractivity contribution in [1.82, 2.24) is 14.8 Å². The second kappa shape index (κ2) is 6.84. The number of nitrogens with zero attached hydrogens (tertiary/aromatic N) is 3. The van der Waals surface area contributed by atoms with E-state index in [1.54, 1.807) is 18.7 Å². The van der Waals surface area contributed by atoms with E-state index >= 15 is 0 Å². The summed E-state index contributed by atoms with van der Waals surface area (Å²) in [6.45, 7) is 4.36. The fourth-order valence-corrected chi connectivity index (χ4v) is 2.78. The van der Waals surface area contributed by atoms with Gasteiger partial charge in [-0.05, 0) is 19.4 Å². The summed E-state index contributed by atoms with van der Waals surface area (Å²) in [5.41, 5.74) is 3.21. The maximum Gasteiger partial charge on any atom is 0.338 e. The molecule has 0 bridgehead atoms. The molecule has 2 heterocycles. The number of rotatable bonds is 5. The number of methoxy groups -OCH3 is 1. The molecule has 0 saturated heterocycles. The van der Waals surface area contributed by atoms with Crippen LogP contribution in [0.3, 0.4) is 0 Å². The van der Waals surface area contributed by atoms with E-state index in [-0.39, 0.29) is 12.6 Å². The summed E-state index contributed by atoms with van der Waals surface area (Å²) in [6.07, 6.45) is 1.46. The Morgan fingerprint density at radius 1 is 1.33 bits per heavy atom. The van der Waals surface area contributed by atoms with Gasteiger partial charge in [-0.3, -0.25) is 0 Å². The van der Waals surface area contributed by atoms with Crippen LogP contribution in [0, 0.1) is 6.92 Å². The van der Waals surface area contributed by atoms with E-state index in [4.69, 9.17) is 9.47 Å². The predicted molar refractivity (Wildman–Crippen MR) is 88.5 cm³/mol. The van der Waals surface area contributed by atoms with Crippen molar-refractivity contribution in [2.24, 2.45) is 0 Å². The molecule has 126 valence electrons. The third kappa shape index (κ3) is 2.90. The fourth-order valence-electron chi connectivity index (χ4n) is 2.78. The van der Waals surface area contributed by atoms with Crippen molar-refractivity contribution in [2.45, 2.75) is 19.9 Å². The first-order valence-electron chi connectivity index (χ1n) is 7.78. The van der Waals surface area contributed by atoms with Crippen molar-refractivity contribution in [2.75, 3.05) is 25.6 Å². The number of hydrogen-bond acceptors (Lipinski definition) is 6. The van der Waals surface area contributed by atoms with Crippen molar-refractivity contribution in [3.05, 3.63) is 53.0 Å². The molecule has 0 aliphatic carbocycles. The van der Waals surface area contributed by atoms with E-state index in [0.29, 0.717) is 23.8 Å². The Kier molecular flexibility index (Phi) is 4.61. The highest BCUT2D eigenvalue weighted by Crippen LogP contribution is 2.35. The molecule has 0 radical (unpaired) electrons. The number of ether oxygens (including phenoxy) is 2. The summed E-state index contributed by atoms with van der Waals surface area (Å²) < 4.78 is 12.2. The molecule has 7 heteroatoms. The molecule has 0 spiro atoms. The van der Waals surface area contributed by atoms with Crippen LogP contribution in [0.25, 0.3) is 0 Å². The van der Waals surface area contributed by atoms with Crippen molar-refractivity contribution >= 4 is 11.9 Å². The van der Waals surface area contributed by atoms with Crippen molar-refractivity contribution in [1.29, 1.82) is 0 Å². The Balaban J connectivity index is 2.15. The maximum atomic E-state index is 12.6. The number of carbonyl (C=O) groups excluding carboxylic acids is 1. The van der Waals surface area contributed by atoms with Gasteiger partial charge in [0.2, 0.25) is 5.95 Å². The number of aromatic nitrogens is 3. The molecule has 1 unspecified atom stereocenters. The van der Waals surface area contributed by atoms with Crippen LogP contribution in [-0.2, 0) is 14.3 Å². The van der Waals surface area contributed by atoms with Crippen LogP contribution in [0.4, 0.5) is 5.95 Å². The van der Waals surface area contributed by atoms with E-state index in [0.717, 1.165) is 11.1 Å². The Labute approximate surface area is 140 Å². The zero-order chi connectivity index (χ0) is 17.1. The number of fused-ring (bicyclic) bond motifs is 1. The summed E-state index contributed by atoms with van der Waals surface area (Å²) in [4.78, 5) is 16.8. The molecule has 1 aliphatic rings. The number of carbonyl (C=O) groups is 1. The second-order valence-corrected chi connectivity index (χ2v) is 5.51. The Morgan fingerprint density at radius 3 is 2.75 bits per heavy atom. The average Bonchev–Trinajstić information content (AvgIpc) is 3.03. The molecule has 3 rings (SSSR count).